The van der Waals surface area contributed by atoms with Crippen molar-refractivity contribution < 1.29 is 18.3 Å². The van der Waals surface area contributed by atoms with Gasteiger partial charge >= 0.3 is 6.61 Å². The van der Waals surface area contributed by atoms with Crippen LogP contribution in [-0.4, -0.2) is 29.0 Å². The van der Waals surface area contributed by atoms with Crippen LogP contribution in [0.4, 0.5) is 14.5 Å². The number of rotatable bonds is 3. The first-order chi connectivity index (χ1) is 12.1. The van der Waals surface area contributed by atoms with Gasteiger partial charge in [-0.15, -0.1) is 0 Å². The van der Waals surface area contributed by atoms with Crippen LogP contribution in [0.25, 0.3) is 11.0 Å². The zero-order valence-electron chi connectivity index (χ0n) is 13.2. The quantitative estimate of drug-likeness (QED) is 0.788. The van der Waals surface area contributed by atoms with Crippen molar-refractivity contribution in [2.75, 3.05) is 11.4 Å². The standard InChI is InChI=1S/C18H15F2N3O2/c19-18(20)25-12-5-6-15-11(9-12)3-2-8-23(15)17(24)14-10-22-16-13(14)4-1-7-21-16/h1,4-7,9-10,18H,2-3,8H2,(H,21,22). The Labute approximate surface area is 142 Å². The van der Waals surface area contributed by atoms with Gasteiger partial charge in [-0.25, -0.2) is 4.98 Å². The first-order valence-corrected chi connectivity index (χ1v) is 7.95. The highest BCUT2D eigenvalue weighted by Gasteiger charge is 2.26. The molecule has 0 atom stereocenters. The zero-order chi connectivity index (χ0) is 17.4. The number of carbonyl (C=O) groups excluding carboxylic acids is 1. The molecule has 0 saturated carbocycles. The molecule has 25 heavy (non-hydrogen) atoms. The first-order valence-electron chi connectivity index (χ1n) is 7.95. The molecule has 1 N–H and O–H groups in total. The molecular weight excluding hydrogens is 328 g/mol. The minimum atomic E-state index is -2.86. The normalized spacial score (nSPS) is 14.0. The number of aromatic nitrogens is 2. The SMILES string of the molecule is O=C(c1c[nH]c2ncccc12)N1CCCc2cc(OC(F)F)ccc21. The molecule has 7 heteroatoms. The Bertz CT molecular complexity index is 939. The Morgan fingerprint density at radius 2 is 2.20 bits per heavy atom. The Kier molecular flexibility index (Phi) is 3.83. The number of carbonyl (C=O) groups is 1. The van der Waals surface area contributed by atoms with Crippen LogP contribution < -0.4 is 9.64 Å². The number of benzene rings is 1. The van der Waals surface area contributed by atoms with E-state index in [0.29, 0.717) is 17.8 Å². The van der Waals surface area contributed by atoms with Crippen LogP contribution in [0.5, 0.6) is 5.75 Å². The lowest BCUT2D eigenvalue weighted by Crippen LogP contribution is -2.35. The molecule has 1 aliphatic heterocycles. The lowest BCUT2D eigenvalue weighted by atomic mass is 10.0. The van der Waals surface area contributed by atoms with Gasteiger partial charge in [0.05, 0.1) is 5.56 Å². The summed E-state index contributed by atoms with van der Waals surface area (Å²) in [6.45, 7) is -2.29. The molecule has 1 amide bonds. The number of amides is 1. The van der Waals surface area contributed by atoms with E-state index < -0.39 is 6.61 Å². The summed E-state index contributed by atoms with van der Waals surface area (Å²) in [5.74, 6) is -0.0259. The van der Waals surface area contributed by atoms with Crippen molar-refractivity contribution in [2.45, 2.75) is 19.5 Å². The molecule has 0 spiro atoms. The van der Waals surface area contributed by atoms with E-state index in [-0.39, 0.29) is 11.7 Å². The van der Waals surface area contributed by atoms with Crippen molar-refractivity contribution in [1.82, 2.24) is 9.97 Å². The maximum atomic E-state index is 13.0. The second-order valence-electron chi connectivity index (χ2n) is 5.83. The van der Waals surface area contributed by atoms with Crippen LogP contribution in [-0.2, 0) is 6.42 Å². The summed E-state index contributed by atoms with van der Waals surface area (Å²) >= 11 is 0. The average Bonchev–Trinajstić information content (AvgIpc) is 3.04. The number of hydrogen-bond donors (Lipinski definition) is 1. The van der Waals surface area contributed by atoms with Crippen molar-refractivity contribution in [2.24, 2.45) is 0 Å². The molecule has 4 rings (SSSR count). The fraction of sp³-hybridized carbons (Fsp3) is 0.222. The Hall–Kier alpha value is -2.96. The summed E-state index contributed by atoms with van der Waals surface area (Å²) in [5.41, 5.74) is 2.76. The van der Waals surface area contributed by atoms with E-state index in [0.717, 1.165) is 29.5 Å². The molecule has 0 unspecified atom stereocenters. The zero-order valence-corrected chi connectivity index (χ0v) is 13.2. The van der Waals surface area contributed by atoms with Gasteiger partial charge in [-0.2, -0.15) is 8.78 Å². The maximum Gasteiger partial charge on any atom is 0.387 e. The fourth-order valence-corrected chi connectivity index (χ4v) is 3.24. The minimum absolute atomic E-state index is 0.111. The topological polar surface area (TPSA) is 58.2 Å². The Balaban J connectivity index is 1.69. The predicted molar refractivity (Wildman–Crippen MR) is 89.2 cm³/mol. The van der Waals surface area contributed by atoms with Crippen molar-refractivity contribution in [1.29, 1.82) is 0 Å². The van der Waals surface area contributed by atoms with Gasteiger partial charge in [0, 0.05) is 30.0 Å². The van der Waals surface area contributed by atoms with Crippen LogP contribution in [0.15, 0.2) is 42.7 Å². The summed E-state index contributed by atoms with van der Waals surface area (Å²) in [6.07, 6.45) is 4.79. The molecule has 3 heterocycles. The second kappa shape index (κ2) is 6.16. The van der Waals surface area contributed by atoms with Gasteiger partial charge in [-0.1, -0.05) is 0 Å². The van der Waals surface area contributed by atoms with Gasteiger partial charge in [-0.3, -0.25) is 4.79 Å². The number of pyridine rings is 1. The van der Waals surface area contributed by atoms with E-state index in [1.165, 1.54) is 6.07 Å². The van der Waals surface area contributed by atoms with Gasteiger partial charge in [0.15, 0.2) is 0 Å². The number of anilines is 1. The fourth-order valence-electron chi connectivity index (χ4n) is 3.24. The van der Waals surface area contributed by atoms with Crippen LogP contribution in [0.1, 0.15) is 22.3 Å². The number of aromatic amines is 1. The first kappa shape index (κ1) is 15.6. The number of ether oxygens (including phenoxy) is 1. The number of nitrogens with zero attached hydrogens (tertiary/aromatic N) is 2. The average molecular weight is 343 g/mol. The molecule has 0 aliphatic carbocycles. The highest BCUT2D eigenvalue weighted by Crippen LogP contribution is 2.32. The van der Waals surface area contributed by atoms with Gasteiger partial charge in [0.1, 0.15) is 11.4 Å². The number of H-pyrrole nitrogens is 1. The monoisotopic (exact) mass is 343 g/mol. The maximum absolute atomic E-state index is 13.0. The van der Waals surface area contributed by atoms with Crippen LogP contribution in [0, 0.1) is 0 Å². The van der Waals surface area contributed by atoms with E-state index in [1.807, 2.05) is 6.07 Å². The largest absolute Gasteiger partial charge is 0.435 e. The van der Waals surface area contributed by atoms with Crippen molar-refractivity contribution in [3.63, 3.8) is 0 Å². The van der Waals surface area contributed by atoms with E-state index in [4.69, 9.17) is 0 Å². The molecule has 0 bridgehead atoms. The molecule has 0 fully saturated rings. The lowest BCUT2D eigenvalue weighted by Gasteiger charge is -2.29. The molecule has 2 aromatic heterocycles. The van der Waals surface area contributed by atoms with Crippen molar-refractivity contribution >= 4 is 22.6 Å². The third-order valence-corrected chi connectivity index (χ3v) is 4.32. The third-order valence-electron chi connectivity index (χ3n) is 4.32. The summed E-state index contributed by atoms with van der Waals surface area (Å²) in [6, 6.07) is 8.34. The van der Waals surface area contributed by atoms with Gasteiger partial charge in [0.2, 0.25) is 0 Å². The second-order valence-corrected chi connectivity index (χ2v) is 5.83. The molecular formula is C18H15F2N3O2. The number of nitrogens with one attached hydrogen (secondary N) is 1. The van der Waals surface area contributed by atoms with Crippen LogP contribution in [0.2, 0.25) is 0 Å². The number of alkyl halides is 2. The predicted octanol–water partition coefficient (Wildman–Crippen LogP) is 3.76. The smallest absolute Gasteiger partial charge is 0.387 e. The highest BCUT2D eigenvalue weighted by atomic mass is 19.3. The molecule has 0 radical (unpaired) electrons. The number of hydrogen-bond acceptors (Lipinski definition) is 3. The minimum Gasteiger partial charge on any atom is -0.435 e. The Morgan fingerprint density at radius 3 is 3.04 bits per heavy atom. The van der Waals surface area contributed by atoms with Crippen molar-refractivity contribution in [3.8, 4) is 5.75 Å². The van der Waals surface area contributed by atoms with E-state index >= 15 is 0 Å². The van der Waals surface area contributed by atoms with Gasteiger partial charge < -0.3 is 14.6 Å². The molecule has 1 aliphatic rings. The van der Waals surface area contributed by atoms with E-state index in [2.05, 4.69) is 14.7 Å². The summed E-state index contributed by atoms with van der Waals surface area (Å²) in [4.78, 5) is 21.9. The number of halogens is 2. The van der Waals surface area contributed by atoms with E-state index in [9.17, 15) is 13.6 Å². The van der Waals surface area contributed by atoms with Crippen LogP contribution >= 0.6 is 0 Å². The molecule has 5 nitrogen and oxygen atoms in total. The van der Waals surface area contributed by atoms with Gasteiger partial charge in [0.25, 0.3) is 5.91 Å². The molecule has 1 aromatic carbocycles. The van der Waals surface area contributed by atoms with Crippen LogP contribution in [0.3, 0.4) is 0 Å². The number of aryl methyl sites for hydroxylation is 1. The van der Waals surface area contributed by atoms with E-state index in [1.54, 1.807) is 35.5 Å². The molecule has 0 saturated heterocycles. The Morgan fingerprint density at radius 1 is 1.32 bits per heavy atom. The highest BCUT2D eigenvalue weighted by molar-refractivity contribution is 6.13. The van der Waals surface area contributed by atoms with Crippen molar-refractivity contribution in [3.05, 3.63) is 53.9 Å². The summed E-state index contributed by atoms with van der Waals surface area (Å²) in [7, 11) is 0. The third kappa shape index (κ3) is 2.82. The summed E-state index contributed by atoms with van der Waals surface area (Å²) in [5, 5.41) is 0.761. The lowest BCUT2D eigenvalue weighted by molar-refractivity contribution is -0.0498. The number of fused-ring (bicyclic) bond motifs is 2. The molecule has 128 valence electrons. The molecule has 3 aromatic rings. The van der Waals surface area contributed by atoms with Gasteiger partial charge in [-0.05, 0) is 48.7 Å². The summed E-state index contributed by atoms with van der Waals surface area (Å²) < 4.78 is 29.2.